The molecule has 4 heterocycles. The Kier molecular flexibility index (Phi) is 6.58. The van der Waals surface area contributed by atoms with Gasteiger partial charge in [0.05, 0.1) is 0 Å². The molecule has 36 heavy (non-hydrogen) atoms. The first kappa shape index (κ1) is 23.8. The van der Waals surface area contributed by atoms with Crippen molar-refractivity contribution in [3.8, 4) is 11.5 Å². The van der Waals surface area contributed by atoms with Gasteiger partial charge >= 0.3 is 6.03 Å². The molecule has 10 heteroatoms. The van der Waals surface area contributed by atoms with Crippen molar-refractivity contribution < 1.29 is 9.59 Å². The smallest absolute Gasteiger partial charge is 0.330 e. The molecular weight excluding hydrogens is 456 g/mol. The summed E-state index contributed by atoms with van der Waals surface area (Å²) in [6.45, 7) is 6.97. The minimum Gasteiger partial charge on any atom is -0.371 e. The Morgan fingerprint density at radius 1 is 0.972 bits per heavy atom. The van der Waals surface area contributed by atoms with E-state index in [2.05, 4.69) is 46.4 Å². The second kappa shape index (κ2) is 9.96. The van der Waals surface area contributed by atoms with Gasteiger partial charge in [0.25, 0.3) is 0 Å². The molecule has 0 bridgehead atoms. The maximum atomic E-state index is 13.3. The first-order valence-electron chi connectivity index (χ1n) is 12.5. The summed E-state index contributed by atoms with van der Waals surface area (Å²) in [6, 6.07) is 13.9. The van der Waals surface area contributed by atoms with E-state index >= 15 is 0 Å². The number of nitrogens with one attached hydrogen (secondary N) is 1. The molecule has 0 unspecified atom stereocenters. The summed E-state index contributed by atoms with van der Waals surface area (Å²) in [5, 5.41) is 11.0. The van der Waals surface area contributed by atoms with Gasteiger partial charge in [0, 0.05) is 56.6 Å². The summed E-state index contributed by atoms with van der Waals surface area (Å²) in [4.78, 5) is 35.8. The average Bonchev–Trinajstić information content (AvgIpc) is 3.56. The maximum absolute atomic E-state index is 13.3. The van der Waals surface area contributed by atoms with Crippen LogP contribution in [-0.4, -0.2) is 64.9 Å². The van der Waals surface area contributed by atoms with Crippen LogP contribution in [0.4, 0.5) is 22.0 Å². The Morgan fingerprint density at radius 3 is 2.36 bits per heavy atom. The number of aromatic nitrogens is 4. The van der Waals surface area contributed by atoms with E-state index in [9.17, 15) is 9.59 Å². The lowest BCUT2D eigenvalue weighted by Crippen LogP contribution is -2.39. The molecule has 2 aliphatic heterocycles. The minimum absolute atomic E-state index is 0.0903. The van der Waals surface area contributed by atoms with Crippen molar-refractivity contribution in [2.45, 2.75) is 32.7 Å². The maximum Gasteiger partial charge on any atom is 0.330 e. The van der Waals surface area contributed by atoms with Crippen molar-refractivity contribution in [3.05, 3.63) is 48.8 Å². The molecule has 2 fully saturated rings. The molecule has 188 valence electrons. The van der Waals surface area contributed by atoms with Gasteiger partial charge in [0.1, 0.15) is 17.8 Å². The molecule has 1 aromatic carbocycles. The van der Waals surface area contributed by atoms with Crippen molar-refractivity contribution in [3.63, 3.8) is 0 Å². The van der Waals surface area contributed by atoms with Gasteiger partial charge in [0.15, 0.2) is 5.82 Å². The topological polar surface area (TPSA) is 99.5 Å². The molecule has 0 atom stereocenters. The summed E-state index contributed by atoms with van der Waals surface area (Å²) >= 11 is 0. The number of piperidine rings is 1. The Bertz CT molecular complexity index is 1230. The van der Waals surface area contributed by atoms with Crippen molar-refractivity contribution in [2.75, 3.05) is 47.9 Å². The third-order valence-corrected chi connectivity index (χ3v) is 7.02. The van der Waals surface area contributed by atoms with E-state index in [0.717, 1.165) is 37.3 Å². The van der Waals surface area contributed by atoms with Crippen molar-refractivity contribution in [1.82, 2.24) is 25.1 Å². The number of benzene rings is 1. The fourth-order valence-corrected chi connectivity index (χ4v) is 4.94. The normalized spacial score (nSPS) is 16.8. The number of hydrogen-bond acceptors (Lipinski definition) is 6. The molecule has 3 aromatic rings. The zero-order valence-corrected chi connectivity index (χ0v) is 21.0. The lowest BCUT2D eigenvalue weighted by Gasteiger charge is -2.33. The standard InChI is InChI=1S/C26H32N8O2/c1-18(2)34-17-28-30-24(34)22-5-4-6-23(29-22)33-16-15-32(26(33)36)21-9-7-20(8-10-21)31-13-11-19(12-14-31)25(35)27-3/h4-10,17-19H,11-16H2,1-3H3,(H,27,35). The van der Waals surface area contributed by atoms with Crippen molar-refractivity contribution in [2.24, 2.45) is 5.92 Å². The highest BCUT2D eigenvalue weighted by atomic mass is 16.2. The van der Waals surface area contributed by atoms with Gasteiger partial charge in [-0.25, -0.2) is 9.78 Å². The van der Waals surface area contributed by atoms with Gasteiger partial charge in [-0.05, 0) is 63.1 Å². The number of nitrogens with zero attached hydrogens (tertiary/aromatic N) is 7. The molecule has 1 N–H and O–H groups in total. The summed E-state index contributed by atoms with van der Waals surface area (Å²) in [6.07, 6.45) is 3.39. The van der Waals surface area contributed by atoms with Crippen molar-refractivity contribution in [1.29, 1.82) is 0 Å². The molecule has 2 aliphatic rings. The minimum atomic E-state index is -0.0934. The number of rotatable bonds is 6. The summed E-state index contributed by atoms with van der Waals surface area (Å²) in [5.41, 5.74) is 2.66. The molecular formula is C26H32N8O2. The number of amides is 3. The van der Waals surface area contributed by atoms with Crippen LogP contribution >= 0.6 is 0 Å². The predicted octanol–water partition coefficient (Wildman–Crippen LogP) is 3.33. The van der Waals surface area contributed by atoms with Gasteiger partial charge in [-0.1, -0.05) is 6.07 Å². The van der Waals surface area contributed by atoms with Crippen LogP contribution in [0.2, 0.25) is 0 Å². The number of urea groups is 1. The number of hydrogen-bond donors (Lipinski definition) is 1. The van der Waals surface area contributed by atoms with Crippen LogP contribution in [0, 0.1) is 5.92 Å². The van der Waals surface area contributed by atoms with Crippen LogP contribution in [0.1, 0.15) is 32.7 Å². The van der Waals surface area contributed by atoms with Crippen LogP contribution in [0.15, 0.2) is 48.8 Å². The van der Waals surface area contributed by atoms with E-state index in [1.165, 1.54) is 0 Å². The Morgan fingerprint density at radius 2 is 1.67 bits per heavy atom. The van der Waals surface area contributed by atoms with E-state index < -0.39 is 0 Å². The van der Waals surface area contributed by atoms with E-state index in [-0.39, 0.29) is 23.9 Å². The van der Waals surface area contributed by atoms with E-state index in [0.29, 0.717) is 30.4 Å². The SMILES string of the molecule is CNC(=O)C1CCN(c2ccc(N3CCN(c4cccc(-c5nncn5C(C)C)n4)C3=O)cc2)CC1. The Balaban J connectivity index is 1.27. The average molecular weight is 489 g/mol. The third kappa shape index (κ3) is 4.50. The summed E-state index contributed by atoms with van der Waals surface area (Å²) in [7, 11) is 1.70. The number of anilines is 3. The van der Waals surface area contributed by atoms with Crippen LogP contribution in [0.5, 0.6) is 0 Å². The molecule has 0 spiro atoms. The van der Waals surface area contributed by atoms with E-state index in [1.54, 1.807) is 23.2 Å². The van der Waals surface area contributed by atoms with Gasteiger partial charge in [-0.3, -0.25) is 14.6 Å². The molecule has 2 aromatic heterocycles. The third-order valence-electron chi connectivity index (χ3n) is 7.02. The Hall–Kier alpha value is -3.95. The molecule has 2 saturated heterocycles. The zero-order chi connectivity index (χ0) is 25.2. The van der Waals surface area contributed by atoms with Gasteiger partial charge in [-0.2, -0.15) is 0 Å². The molecule has 10 nitrogen and oxygen atoms in total. The second-order valence-electron chi connectivity index (χ2n) is 9.51. The van der Waals surface area contributed by atoms with Gasteiger partial charge in [-0.15, -0.1) is 10.2 Å². The quantitative estimate of drug-likeness (QED) is 0.571. The Labute approximate surface area is 210 Å². The number of pyridine rings is 1. The van der Waals surface area contributed by atoms with Crippen LogP contribution in [0.25, 0.3) is 11.5 Å². The van der Waals surface area contributed by atoms with Crippen LogP contribution in [-0.2, 0) is 4.79 Å². The predicted molar refractivity (Wildman–Crippen MR) is 139 cm³/mol. The van der Waals surface area contributed by atoms with Crippen LogP contribution in [0.3, 0.4) is 0 Å². The highest BCUT2D eigenvalue weighted by Gasteiger charge is 2.32. The van der Waals surface area contributed by atoms with E-state index in [1.807, 2.05) is 34.9 Å². The number of carbonyl (C=O) groups is 2. The first-order valence-corrected chi connectivity index (χ1v) is 12.5. The molecule has 0 saturated carbocycles. The molecule has 5 rings (SSSR count). The van der Waals surface area contributed by atoms with Crippen LogP contribution < -0.4 is 20.0 Å². The van der Waals surface area contributed by atoms with Gasteiger partial charge in [0.2, 0.25) is 5.91 Å². The highest BCUT2D eigenvalue weighted by Crippen LogP contribution is 2.29. The molecule has 0 aliphatic carbocycles. The number of carbonyl (C=O) groups excluding carboxylic acids is 2. The highest BCUT2D eigenvalue weighted by molar-refractivity contribution is 6.05. The summed E-state index contributed by atoms with van der Waals surface area (Å²) in [5.74, 6) is 1.51. The fourth-order valence-electron chi connectivity index (χ4n) is 4.94. The lowest BCUT2D eigenvalue weighted by atomic mass is 9.95. The second-order valence-corrected chi connectivity index (χ2v) is 9.51. The van der Waals surface area contributed by atoms with Gasteiger partial charge < -0.3 is 14.8 Å². The van der Waals surface area contributed by atoms with E-state index in [4.69, 9.17) is 4.98 Å². The first-order chi connectivity index (χ1) is 17.5. The van der Waals surface area contributed by atoms with Crippen molar-refractivity contribution >= 4 is 29.1 Å². The fraction of sp³-hybridized carbons (Fsp3) is 0.423. The zero-order valence-electron chi connectivity index (χ0n) is 21.0. The lowest BCUT2D eigenvalue weighted by molar-refractivity contribution is -0.125. The largest absolute Gasteiger partial charge is 0.371 e. The molecule has 3 amide bonds. The summed E-state index contributed by atoms with van der Waals surface area (Å²) < 4.78 is 1.97. The monoisotopic (exact) mass is 488 g/mol. The molecule has 0 radical (unpaired) electrons.